The molecule has 1 amide bonds. The lowest BCUT2D eigenvalue weighted by atomic mass is 9.99. The van der Waals surface area contributed by atoms with Crippen LogP contribution in [-0.2, 0) is 11.8 Å². The summed E-state index contributed by atoms with van der Waals surface area (Å²) in [4.78, 5) is 33.4. The molecule has 2 aromatic rings. The lowest BCUT2D eigenvalue weighted by molar-refractivity contribution is -0.129. The Labute approximate surface area is 150 Å². The normalized spacial score (nSPS) is 16.1. The zero-order valence-electron chi connectivity index (χ0n) is 14.6. The summed E-state index contributed by atoms with van der Waals surface area (Å²) < 4.78 is 1.57. The van der Waals surface area contributed by atoms with E-state index in [1.54, 1.807) is 23.0 Å². The van der Waals surface area contributed by atoms with Crippen molar-refractivity contribution >= 4 is 39.2 Å². The third-order valence-corrected chi connectivity index (χ3v) is 6.95. The number of fused-ring (bicyclic) bond motifs is 1. The number of hydrogen-bond donors (Lipinski definition) is 0. The van der Waals surface area contributed by atoms with Gasteiger partial charge in [0.25, 0.3) is 5.56 Å². The van der Waals surface area contributed by atoms with Crippen molar-refractivity contribution in [3.8, 4) is 0 Å². The van der Waals surface area contributed by atoms with Crippen LogP contribution in [0.3, 0.4) is 0 Å². The van der Waals surface area contributed by atoms with Crippen molar-refractivity contribution in [1.29, 1.82) is 0 Å². The number of carbonyl (C=O) groups excluding carboxylic acids is 1. The van der Waals surface area contributed by atoms with Crippen molar-refractivity contribution in [2.75, 3.05) is 18.8 Å². The third-order valence-electron chi connectivity index (χ3n) is 4.83. The van der Waals surface area contributed by atoms with Gasteiger partial charge >= 0.3 is 0 Å². The highest BCUT2D eigenvalue weighted by atomic mass is 32.2. The average molecular weight is 366 g/mol. The Kier molecular flexibility index (Phi) is 5.01. The number of rotatable bonds is 3. The summed E-state index contributed by atoms with van der Waals surface area (Å²) in [5, 5.41) is 1.33. The molecule has 0 unspecified atom stereocenters. The molecular weight excluding hydrogens is 342 g/mol. The summed E-state index contributed by atoms with van der Waals surface area (Å²) in [5.74, 6) is 1.18. The number of piperidine rings is 1. The van der Waals surface area contributed by atoms with Gasteiger partial charge in [-0.05, 0) is 38.2 Å². The average Bonchev–Trinajstić information content (AvgIpc) is 2.84. The molecule has 3 rings (SSSR count). The minimum absolute atomic E-state index is 0.0244. The SMILES string of the molecule is Cc1sc2nc(SCC(=O)N3CCC(C)CC3)n(C)c(=O)c2c1C. The van der Waals surface area contributed by atoms with Crippen LogP contribution in [0.4, 0.5) is 0 Å². The number of aryl methyl sites for hydroxylation is 2. The van der Waals surface area contributed by atoms with Crippen molar-refractivity contribution in [2.45, 2.75) is 38.8 Å². The van der Waals surface area contributed by atoms with E-state index in [4.69, 9.17) is 0 Å². The number of carbonyl (C=O) groups is 1. The molecule has 24 heavy (non-hydrogen) atoms. The van der Waals surface area contributed by atoms with Crippen LogP contribution in [0.15, 0.2) is 9.95 Å². The van der Waals surface area contributed by atoms with Crippen LogP contribution < -0.4 is 5.56 Å². The van der Waals surface area contributed by atoms with Crippen molar-refractivity contribution in [3.05, 3.63) is 20.8 Å². The molecule has 2 aromatic heterocycles. The van der Waals surface area contributed by atoms with E-state index in [0.717, 1.165) is 41.2 Å². The lowest BCUT2D eigenvalue weighted by Crippen LogP contribution is -2.39. The minimum Gasteiger partial charge on any atom is -0.342 e. The van der Waals surface area contributed by atoms with Crippen LogP contribution >= 0.6 is 23.1 Å². The molecule has 7 heteroatoms. The molecule has 1 saturated heterocycles. The van der Waals surface area contributed by atoms with Crippen molar-refractivity contribution in [1.82, 2.24) is 14.5 Å². The molecule has 3 heterocycles. The molecule has 1 aliphatic rings. The molecule has 0 spiro atoms. The Hall–Kier alpha value is -1.34. The van der Waals surface area contributed by atoms with Gasteiger partial charge in [0.15, 0.2) is 5.16 Å². The maximum Gasteiger partial charge on any atom is 0.262 e. The van der Waals surface area contributed by atoms with Crippen molar-refractivity contribution in [3.63, 3.8) is 0 Å². The highest BCUT2D eigenvalue weighted by molar-refractivity contribution is 7.99. The van der Waals surface area contributed by atoms with E-state index in [1.807, 2.05) is 18.7 Å². The van der Waals surface area contributed by atoms with Gasteiger partial charge in [-0.2, -0.15) is 0 Å². The fraction of sp³-hybridized carbons (Fsp3) is 0.588. The minimum atomic E-state index is -0.0244. The summed E-state index contributed by atoms with van der Waals surface area (Å²) in [6.45, 7) is 7.89. The first-order chi connectivity index (χ1) is 11.4. The first-order valence-corrected chi connectivity index (χ1v) is 10.1. The first kappa shape index (κ1) is 17.5. The van der Waals surface area contributed by atoms with E-state index in [1.165, 1.54) is 11.8 Å². The Balaban J connectivity index is 1.77. The van der Waals surface area contributed by atoms with Gasteiger partial charge < -0.3 is 4.90 Å². The summed E-state index contributed by atoms with van der Waals surface area (Å²) in [6, 6.07) is 0. The Morgan fingerprint density at radius 3 is 2.67 bits per heavy atom. The van der Waals surface area contributed by atoms with Crippen LogP contribution in [0.2, 0.25) is 0 Å². The number of nitrogens with zero attached hydrogens (tertiary/aromatic N) is 3. The maximum absolute atomic E-state index is 12.6. The Bertz CT molecular complexity index is 832. The lowest BCUT2D eigenvalue weighted by Gasteiger charge is -2.30. The van der Waals surface area contributed by atoms with Gasteiger partial charge in [-0.25, -0.2) is 4.98 Å². The molecule has 0 aromatic carbocycles. The van der Waals surface area contributed by atoms with Gasteiger partial charge in [0.1, 0.15) is 4.83 Å². The summed E-state index contributed by atoms with van der Waals surface area (Å²) >= 11 is 2.91. The van der Waals surface area contributed by atoms with Crippen LogP contribution in [0.1, 0.15) is 30.2 Å². The van der Waals surface area contributed by atoms with Gasteiger partial charge in [-0.15, -0.1) is 11.3 Å². The maximum atomic E-state index is 12.6. The highest BCUT2D eigenvalue weighted by Crippen LogP contribution is 2.28. The predicted molar refractivity (Wildman–Crippen MR) is 100 cm³/mol. The fourth-order valence-corrected chi connectivity index (χ4v) is 4.91. The summed E-state index contributed by atoms with van der Waals surface area (Å²) in [6.07, 6.45) is 2.15. The largest absolute Gasteiger partial charge is 0.342 e. The number of hydrogen-bond acceptors (Lipinski definition) is 5. The van der Waals surface area contributed by atoms with E-state index in [-0.39, 0.29) is 11.5 Å². The fourth-order valence-electron chi connectivity index (χ4n) is 2.96. The quantitative estimate of drug-likeness (QED) is 0.620. The molecule has 1 aliphatic heterocycles. The zero-order valence-corrected chi connectivity index (χ0v) is 16.2. The van der Waals surface area contributed by atoms with Gasteiger partial charge in [0.05, 0.1) is 11.1 Å². The molecule has 1 fully saturated rings. The van der Waals surface area contributed by atoms with Gasteiger partial charge in [-0.1, -0.05) is 18.7 Å². The molecule has 0 atom stereocenters. The highest BCUT2D eigenvalue weighted by Gasteiger charge is 2.21. The number of amides is 1. The van der Waals surface area contributed by atoms with E-state index < -0.39 is 0 Å². The summed E-state index contributed by atoms with van der Waals surface area (Å²) in [7, 11) is 1.73. The van der Waals surface area contributed by atoms with Crippen LogP contribution in [-0.4, -0.2) is 39.2 Å². The van der Waals surface area contributed by atoms with Gasteiger partial charge in [0.2, 0.25) is 5.91 Å². The molecule has 0 N–H and O–H groups in total. The molecule has 0 bridgehead atoms. The third kappa shape index (κ3) is 3.24. The standard InChI is InChI=1S/C17H23N3O2S2/c1-10-5-7-20(8-6-10)13(21)9-23-17-18-15-14(16(22)19(17)4)11(2)12(3)24-15/h10H,5-9H2,1-4H3. The van der Waals surface area contributed by atoms with E-state index in [9.17, 15) is 9.59 Å². The predicted octanol–water partition coefficient (Wildman–Crippen LogP) is 2.96. The van der Waals surface area contributed by atoms with E-state index in [2.05, 4.69) is 11.9 Å². The van der Waals surface area contributed by atoms with Crippen LogP contribution in [0.25, 0.3) is 10.2 Å². The van der Waals surface area contributed by atoms with E-state index in [0.29, 0.717) is 22.2 Å². The van der Waals surface area contributed by atoms with E-state index >= 15 is 0 Å². The molecule has 0 aliphatic carbocycles. The number of thioether (sulfide) groups is 1. The van der Waals surface area contributed by atoms with Crippen molar-refractivity contribution < 1.29 is 4.79 Å². The van der Waals surface area contributed by atoms with Gasteiger partial charge in [-0.3, -0.25) is 14.2 Å². The Morgan fingerprint density at radius 1 is 1.33 bits per heavy atom. The van der Waals surface area contributed by atoms with Crippen LogP contribution in [0, 0.1) is 19.8 Å². The van der Waals surface area contributed by atoms with Crippen LogP contribution in [0.5, 0.6) is 0 Å². The molecule has 130 valence electrons. The first-order valence-electron chi connectivity index (χ1n) is 8.25. The monoisotopic (exact) mass is 365 g/mol. The number of likely N-dealkylation sites (tertiary alicyclic amines) is 1. The smallest absolute Gasteiger partial charge is 0.262 e. The second kappa shape index (κ2) is 6.88. The number of thiophene rings is 1. The van der Waals surface area contributed by atoms with Gasteiger partial charge in [0, 0.05) is 25.0 Å². The van der Waals surface area contributed by atoms with Crippen molar-refractivity contribution in [2.24, 2.45) is 13.0 Å². The second-order valence-electron chi connectivity index (χ2n) is 6.57. The second-order valence-corrected chi connectivity index (χ2v) is 8.72. The Morgan fingerprint density at radius 2 is 2.00 bits per heavy atom. The molecule has 0 radical (unpaired) electrons. The topological polar surface area (TPSA) is 55.2 Å². The molecule has 5 nitrogen and oxygen atoms in total. The molecular formula is C17H23N3O2S2. The summed E-state index contributed by atoms with van der Waals surface area (Å²) in [5.41, 5.74) is 0.988. The zero-order chi connectivity index (χ0) is 17.4. The molecule has 0 saturated carbocycles. The number of aromatic nitrogens is 2.